The van der Waals surface area contributed by atoms with E-state index in [2.05, 4.69) is 0 Å². The molecule has 0 radical (unpaired) electrons. The first-order valence-electron chi connectivity index (χ1n) is 4.32. The topological polar surface area (TPSA) is 46.3 Å². The van der Waals surface area contributed by atoms with Crippen LogP contribution in [0.15, 0.2) is 0 Å². The number of nitrogens with zero attached hydrogens (tertiary/aromatic N) is 1. The molecule has 1 atom stereocenters. The Morgan fingerprint density at radius 1 is 1.36 bits per heavy atom. The predicted molar refractivity (Wildman–Crippen MR) is 63.5 cm³/mol. The van der Waals surface area contributed by atoms with Crippen molar-refractivity contribution >= 4 is 41.5 Å². The molecule has 0 fully saturated rings. The van der Waals surface area contributed by atoms with E-state index in [1.807, 2.05) is 11.8 Å². The van der Waals surface area contributed by atoms with Crippen molar-refractivity contribution < 1.29 is 4.79 Å². The van der Waals surface area contributed by atoms with E-state index >= 15 is 0 Å². The molecular formula is C8H17Cl3N2O. The molecule has 14 heavy (non-hydrogen) atoms. The second-order valence-corrected chi connectivity index (χ2v) is 3.50. The van der Waals surface area contributed by atoms with Gasteiger partial charge in [-0.05, 0) is 6.42 Å². The number of rotatable bonds is 7. The van der Waals surface area contributed by atoms with E-state index < -0.39 is 0 Å². The number of hydrogen-bond acceptors (Lipinski definition) is 2. The SMILES string of the molecule is CCC(C(N)=O)N(CCCl)CCCl.Cl. The number of amides is 1. The van der Waals surface area contributed by atoms with E-state index in [0.29, 0.717) is 31.3 Å². The number of carbonyl (C=O) groups excluding carboxylic acids is 1. The molecule has 0 aromatic rings. The Kier molecular flexibility index (Phi) is 11.8. The minimum Gasteiger partial charge on any atom is -0.368 e. The number of carbonyl (C=O) groups is 1. The second kappa shape index (κ2) is 9.84. The Balaban J connectivity index is 0. The largest absolute Gasteiger partial charge is 0.368 e. The molecule has 1 amide bonds. The van der Waals surface area contributed by atoms with Gasteiger partial charge in [0.15, 0.2) is 0 Å². The molecule has 0 aliphatic heterocycles. The minimum atomic E-state index is -0.308. The van der Waals surface area contributed by atoms with Crippen LogP contribution in [0.4, 0.5) is 0 Å². The first-order chi connectivity index (χ1) is 6.17. The Bertz CT molecular complexity index is 152. The molecule has 0 heterocycles. The highest BCUT2D eigenvalue weighted by molar-refractivity contribution is 6.18. The molecule has 0 aromatic heterocycles. The van der Waals surface area contributed by atoms with Gasteiger partial charge in [0.25, 0.3) is 0 Å². The molecule has 0 saturated heterocycles. The van der Waals surface area contributed by atoms with Gasteiger partial charge in [-0.1, -0.05) is 6.92 Å². The van der Waals surface area contributed by atoms with Crippen LogP contribution in [0.25, 0.3) is 0 Å². The number of alkyl halides is 2. The molecule has 0 spiro atoms. The van der Waals surface area contributed by atoms with Gasteiger partial charge in [0.1, 0.15) is 0 Å². The van der Waals surface area contributed by atoms with Gasteiger partial charge in [-0.3, -0.25) is 9.69 Å². The standard InChI is InChI=1S/C8H16Cl2N2O.ClH/c1-2-7(8(11)13)12(5-3-9)6-4-10;/h7H,2-6H2,1H3,(H2,11,13);1H. The normalized spacial score (nSPS) is 12.3. The summed E-state index contributed by atoms with van der Waals surface area (Å²) in [5.74, 6) is 0.666. The van der Waals surface area contributed by atoms with Crippen molar-refractivity contribution in [1.82, 2.24) is 4.90 Å². The van der Waals surface area contributed by atoms with E-state index in [0.717, 1.165) is 0 Å². The van der Waals surface area contributed by atoms with Gasteiger partial charge in [-0.15, -0.1) is 35.6 Å². The number of halogens is 3. The summed E-state index contributed by atoms with van der Waals surface area (Å²) < 4.78 is 0. The van der Waals surface area contributed by atoms with Crippen LogP contribution in [0.3, 0.4) is 0 Å². The highest BCUT2D eigenvalue weighted by atomic mass is 35.5. The third kappa shape index (κ3) is 5.91. The van der Waals surface area contributed by atoms with E-state index in [1.165, 1.54) is 0 Å². The zero-order chi connectivity index (χ0) is 10.3. The fourth-order valence-electron chi connectivity index (χ4n) is 1.28. The van der Waals surface area contributed by atoms with Crippen LogP contribution in [0.2, 0.25) is 0 Å². The predicted octanol–water partition coefficient (Wildman–Crippen LogP) is 1.45. The molecular weight excluding hydrogens is 246 g/mol. The molecule has 0 rings (SSSR count). The highest BCUT2D eigenvalue weighted by Crippen LogP contribution is 2.04. The van der Waals surface area contributed by atoms with Crippen LogP contribution >= 0.6 is 35.6 Å². The summed E-state index contributed by atoms with van der Waals surface area (Å²) in [4.78, 5) is 12.9. The molecule has 6 heteroatoms. The molecule has 2 N–H and O–H groups in total. The van der Waals surface area contributed by atoms with Crippen LogP contribution in [0.5, 0.6) is 0 Å². The number of hydrogen-bond donors (Lipinski definition) is 1. The summed E-state index contributed by atoms with van der Waals surface area (Å²) in [6.07, 6.45) is 0.698. The molecule has 0 aromatic carbocycles. The maximum Gasteiger partial charge on any atom is 0.234 e. The summed E-state index contributed by atoms with van der Waals surface area (Å²) in [5.41, 5.74) is 5.24. The summed E-state index contributed by atoms with van der Waals surface area (Å²) >= 11 is 11.2. The van der Waals surface area contributed by atoms with Crippen LogP contribution in [0.1, 0.15) is 13.3 Å². The third-order valence-electron chi connectivity index (χ3n) is 1.90. The zero-order valence-corrected chi connectivity index (χ0v) is 10.5. The fourth-order valence-corrected chi connectivity index (χ4v) is 1.71. The van der Waals surface area contributed by atoms with Crippen molar-refractivity contribution in [3.63, 3.8) is 0 Å². The Morgan fingerprint density at radius 3 is 2.00 bits per heavy atom. The van der Waals surface area contributed by atoms with E-state index in [4.69, 9.17) is 28.9 Å². The Hall–Kier alpha value is 0.300. The van der Waals surface area contributed by atoms with Gasteiger partial charge in [-0.2, -0.15) is 0 Å². The molecule has 0 aliphatic rings. The zero-order valence-electron chi connectivity index (χ0n) is 8.21. The first-order valence-corrected chi connectivity index (χ1v) is 5.39. The van der Waals surface area contributed by atoms with E-state index in [-0.39, 0.29) is 24.4 Å². The minimum absolute atomic E-state index is 0. The summed E-state index contributed by atoms with van der Waals surface area (Å²) in [6, 6.07) is -0.238. The Morgan fingerprint density at radius 2 is 1.79 bits per heavy atom. The molecule has 0 aliphatic carbocycles. The van der Waals surface area contributed by atoms with Gasteiger partial charge >= 0.3 is 0 Å². The maximum absolute atomic E-state index is 11.0. The van der Waals surface area contributed by atoms with Crippen molar-refractivity contribution in [2.75, 3.05) is 24.8 Å². The van der Waals surface area contributed by atoms with E-state index in [1.54, 1.807) is 0 Å². The van der Waals surface area contributed by atoms with Crippen LogP contribution in [-0.4, -0.2) is 41.7 Å². The average molecular weight is 264 g/mol. The Labute approximate surface area is 101 Å². The third-order valence-corrected chi connectivity index (χ3v) is 2.24. The first kappa shape index (κ1) is 16.7. The molecule has 0 bridgehead atoms. The molecule has 86 valence electrons. The van der Waals surface area contributed by atoms with Crippen molar-refractivity contribution in [3.8, 4) is 0 Å². The van der Waals surface area contributed by atoms with Gasteiger partial charge in [-0.25, -0.2) is 0 Å². The van der Waals surface area contributed by atoms with Gasteiger partial charge < -0.3 is 5.73 Å². The number of nitrogens with two attached hydrogens (primary N) is 1. The lowest BCUT2D eigenvalue weighted by Gasteiger charge is -2.27. The van der Waals surface area contributed by atoms with Crippen LogP contribution < -0.4 is 5.73 Å². The maximum atomic E-state index is 11.0. The van der Waals surface area contributed by atoms with Crippen LogP contribution in [-0.2, 0) is 4.79 Å². The van der Waals surface area contributed by atoms with Gasteiger partial charge in [0, 0.05) is 24.8 Å². The average Bonchev–Trinajstić information content (AvgIpc) is 2.05. The fraction of sp³-hybridized carbons (Fsp3) is 0.875. The summed E-state index contributed by atoms with van der Waals surface area (Å²) in [6.45, 7) is 3.22. The lowest BCUT2D eigenvalue weighted by atomic mass is 10.2. The lowest BCUT2D eigenvalue weighted by Crippen LogP contribution is -2.46. The highest BCUT2D eigenvalue weighted by Gasteiger charge is 2.20. The summed E-state index contributed by atoms with van der Waals surface area (Å²) in [5, 5.41) is 0. The van der Waals surface area contributed by atoms with Gasteiger partial charge in [0.05, 0.1) is 6.04 Å². The summed E-state index contributed by atoms with van der Waals surface area (Å²) in [7, 11) is 0. The van der Waals surface area contributed by atoms with Crippen molar-refractivity contribution in [2.24, 2.45) is 5.73 Å². The van der Waals surface area contributed by atoms with Crippen molar-refractivity contribution in [2.45, 2.75) is 19.4 Å². The molecule has 3 nitrogen and oxygen atoms in total. The van der Waals surface area contributed by atoms with Crippen LogP contribution in [0, 0.1) is 0 Å². The van der Waals surface area contributed by atoms with Crippen molar-refractivity contribution in [1.29, 1.82) is 0 Å². The second-order valence-electron chi connectivity index (χ2n) is 2.74. The number of primary amides is 1. The smallest absolute Gasteiger partial charge is 0.234 e. The molecule has 1 unspecified atom stereocenters. The molecule has 0 saturated carbocycles. The quantitative estimate of drug-likeness (QED) is 0.707. The monoisotopic (exact) mass is 262 g/mol. The van der Waals surface area contributed by atoms with E-state index in [9.17, 15) is 4.79 Å². The van der Waals surface area contributed by atoms with Gasteiger partial charge in [0.2, 0.25) is 5.91 Å². The lowest BCUT2D eigenvalue weighted by molar-refractivity contribution is -0.123. The van der Waals surface area contributed by atoms with Crippen molar-refractivity contribution in [3.05, 3.63) is 0 Å².